The maximum Gasteiger partial charge on any atom is 0.318 e. The van der Waals surface area contributed by atoms with Crippen LogP contribution in [0.25, 0.3) is 10.8 Å². The fourth-order valence-electron chi connectivity index (χ4n) is 7.10. The number of nitrogens with zero attached hydrogens (tertiary/aromatic N) is 7. The van der Waals surface area contributed by atoms with E-state index in [1.54, 1.807) is 12.1 Å². The molecule has 7 rings (SSSR count). The van der Waals surface area contributed by atoms with Crippen LogP contribution in [-0.2, 0) is 22.8 Å². The van der Waals surface area contributed by atoms with Crippen LogP contribution in [-0.4, -0.2) is 112 Å². The zero-order chi connectivity index (χ0) is 31.2. The van der Waals surface area contributed by atoms with Crippen molar-refractivity contribution in [3.05, 3.63) is 47.7 Å². The van der Waals surface area contributed by atoms with Crippen molar-refractivity contribution >= 4 is 32.1 Å². The molecule has 3 aromatic rings. The fraction of sp³-hybridized carbons (Fsp3) is 0.545. The molecule has 1 atom stereocenters. The van der Waals surface area contributed by atoms with Gasteiger partial charge in [0.2, 0.25) is 0 Å². The average Bonchev–Trinajstić information content (AvgIpc) is 3.84. The number of aromatic nitrogens is 2. The van der Waals surface area contributed by atoms with Crippen LogP contribution in [0.2, 0.25) is 0 Å². The summed E-state index contributed by atoms with van der Waals surface area (Å²) >= 11 is 0. The Bertz CT molecular complexity index is 1730. The number of nitriles is 1. The lowest BCUT2D eigenvalue weighted by Crippen LogP contribution is -2.52. The number of likely N-dealkylation sites (N-methyl/N-ethyl adjacent to an activating group) is 1. The number of piperazine rings is 2. The number of nitrogens with one attached hydrogen (secondary N) is 1. The fourth-order valence-corrected chi connectivity index (χ4v) is 7.77. The van der Waals surface area contributed by atoms with Crippen LogP contribution in [0.4, 0.5) is 11.5 Å². The molecule has 1 aromatic heterocycles. The Labute approximate surface area is 265 Å². The maximum atomic E-state index is 12.6. The summed E-state index contributed by atoms with van der Waals surface area (Å²) in [6.45, 7) is 8.31. The topological polar surface area (TPSA) is 118 Å². The summed E-state index contributed by atoms with van der Waals surface area (Å²) in [6, 6.07) is 14.3. The van der Waals surface area contributed by atoms with Crippen molar-refractivity contribution in [3.63, 3.8) is 0 Å². The molecule has 3 aliphatic heterocycles. The minimum atomic E-state index is -3.40. The van der Waals surface area contributed by atoms with E-state index in [-0.39, 0.29) is 11.6 Å². The van der Waals surface area contributed by atoms with E-state index in [9.17, 15) is 13.7 Å². The lowest BCUT2D eigenvalue weighted by Gasteiger charge is -2.38. The number of anilines is 2. The van der Waals surface area contributed by atoms with E-state index in [1.807, 2.05) is 18.2 Å². The molecule has 2 aromatic carbocycles. The van der Waals surface area contributed by atoms with Gasteiger partial charge in [0.05, 0.1) is 35.2 Å². The third-order valence-corrected chi connectivity index (χ3v) is 11.1. The summed E-state index contributed by atoms with van der Waals surface area (Å²) in [6.07, 6.45) is 4.68. The molecule has 1 saturated carbocycles. The van der Waals surface area contributed by atoms with E-state index in [0.717, 1.165) is 92.1 Å². The first-order chi connectivity index (χ1) is 21.7. The highest BCUT2D eigenvalue weighted by Gasteiger charge is 2.49. The van der Waals surface area contributed by atoms with Crippen molar-refractivity contribution in [1.29, 1.82) is 5.26 Å². The number of hydrogen-bond acceptors (Lipinski definition) is 11. The molecule has 12 heteroatoms. The van der Waals surface area contributed by atoms with Crippen LogP contribution in [0, 0.1) is 11.3 Å². The number of ether oxygens (including phenoxy) is 1. The van der Waals surface area contributed by atoms with E-state index >= 15 is 0 Å². The molecule has 11 nitrogen and oxygen atoms in total. The Balaban J connectivity index is 1.22. The monoisotopic (exact) mass is 630 g/mol. The van der Waals surface area contributed by atoms with Crippen molar-refractivity contribution in [1.82, 2.24) is 25.1 Å². The lowest BCUT2D eigenvalue weighted by atomic mass is 10.0. The molecule has 0 unspecified atom stereocenters. The van der Waals surface area contributed by atoms with Gasteiger partial charge < -0.3 is 24.8 Å². The molecule has 238 valence electrons. The Morgan fingerprint density at radius 2 is 1.87 bits per heavy atom. The summed E-state index contributed by atoms with van der Waals surface area (Å²) < 4.78 is 31.8. The highest BCUT2D eigenvalue weighted by atomic mass is 32.2. The molecule has 0 radical (unpaired) electrons. The number of fused-ring (bicyclic) bond motifs is 2. The highest BCUT2D eigenvalue weighted by molar-refractivity contribution is 7.90. The van der Waals surface area contributed by atoms with E-state index < -0.39 is 9.84 Å². The smallest absolute Gasteiger partial charge is 0.318 e. The predicted molar refractivity (Wildman–Crippen MR) is 175 cm³/mol. The molecular formula is C33H42N8O3S. The second-order valence-electron chi connectivity index (χ2n) is 13.1. The summed E-state index contributed by atoms with van der Waals surface area (Å²) in [5.74, 6) is 0.901. The van der Waals surface area contributed by atoms with Gasteiger partial charge in [0.25, 0.3) is 0 Å². The Morgan fingerprint density at radius 3 is 2.62 bits per heavy atom. The van der Waals surface area contributed by atoms with Gasteiger partial charge >= 0.3 is 6.01 Å². The largest absolute Gasteiger partial charge is 0.461 e. The molecule has 1 aliphatic carbocycles. The van der Waals surface area contributed by atoms with Crippen molar-refractivity contribution in [3.8, 4) is 12.1 Å². The van der Waals surface area contributed by atoms with Crippen molar-refractivity contribution in [2.24, 2.45) is 0 Å². The molecule has 2 saturated heterocycles. The quantitative estimate of drug-likeness (QED) is 0.396. The molecule has 0 bridgehead atoms. The number of benzene rings is 2. The second-order valence-corrected chi connectivity index (χ2v) is 15.1. The van der Waals surface area contributed by atoms with Gasteiger partial charge in [-0.3, -0.25) is 4.90 Å². The number of sulfone groups is 1. The third-order valence-electron chi connectivity index (χ3n) is 9.97. The van der Waals surface area contributed by atoms with Gasteiger partial charge in [-0.05, 0) is 43.8 Å². The first kappa shape index (κ1) is 30.2. The normalized spacial score (nSPS) is 22.2. The van der Waals surface area contributed by atoms with Gasteiger partial charge in [-0.2, -0.15) is 15.2 Å². The van der Waals surface area contributed by atoms with E-state index in [1.165, 1.54) is 6.26 Å². The van der Waals surface area contributed by atoms with Gasteiger partial charge in [0.15, 0.2) is 9.84 Å². The molecular weight excluding hydrogens is 588 g/mol. The Kier molecular flexibility index (Phi) is 8.06. The minimum absolute atomic E-state index is 0.0602. The van der Waals surface area contributed by atoms with E-state index in [2.05, 4.69) is 44.1 Å². The molecule has 0 amide bonds. The molecule has 4 aliphatic rings. The number of rotatable bonds is 8. The van der Waals surface area contributed by atoms with Gasteiger partial charge in [-0.15, -0.1) is 0 Å². The Hall–Kier alpha value is -3.50. The van der Waals surface area contributed by atoms with Crippen LogP contribution in [0.3, 0.4) is 0 Å². The first-order valence-corrected chi connectivity index (χ1v) is 17.9. The molecule has 1 N–H and O–H groups in total. The van der Waals surface area contributed by atoms with Gasteiger partial charge in [-0.25, -0.2) is 8.42 Å². The summed E-state index contributed by atoms with van der Waals surface area (Å²) in [4.78, 5) is 19.9. The van der Waals surface area contributed by atoms with E-state index in [4.69, 9.17) is 14.7 Å². The standard InChI is InChI=1S/C33H42N8O3S/c1-38-15-17-41(18-16-38)33(9-10-33)23-44-32-36-29-22-39(30-20-26(45(2,42)43)19-24-5-3-4-6-27(24)30)13-8-28(29)31(37-32)40-14-12-35-25(21-40)7-11-34/h3-6,19-20,25,35H,7-10,12-18,21-23H2,1-2H3/t25-/m0/s1. The predicted octanol–water partition coefficient (Wildman–Crippen LogP) is 2.45. The summed E-state index contributed by atoms with van der Waals surface area (Å²) in [7, 11) is -1.22. The van der Waals surface area contributed by atoms with Crippen LogP contribution in [0.15, 0.2) is 41.3 Å². The maximum absolute atomic E-state index is 12.6. The summed E-state index contributed by atoms with van der Waals surface area (Å²) in [5, 5.41) is 14.7. The molecule has 4 heterocycles. The van der Waals surface area contributed by atoms with Crippen LogP contribution in [0.5, 0.6) is 6.01 Å². The van der Waals surface area contributed by atoms with Crippen LogP contribution >= 0.6 is 0 Å². The van der Waals surface area contributed by atoms with E-state index in [0.29, 0.717) is 43.6 Å². The lowest BCUT2D eigenvalue weighted by molar-refractivity contribution is 0.0650. The zero-order valence-corrected chi connectivity index (χ0v) is 27.0. The Morgan fingerprint density at radius 1 is 1.07 bits per heavy atom. The van der Waals surface area contributed by atoms with Crippen molar-refractivity contribution in [2.75, 3.05) is 82.1 Å². The second kappa shape index (κ2) is 12.0. The van der Waals surface area contributed by atoms with Gasteiger partial charge in [-0.1, -0.05) is 24.3 Å². The van der Waals surface area contributed by atoms with Gasteiger partial charge in [0, 0.05) is 81.3 Å². The summed E-state index contributed by atoms with van der Waals surface area (Å²) in [5.41, 5.74) is 2.98. The average molecular weight is 631 g/mol. The van der Waals surface area contributed by atoms with Crippen molar-refractivity contribution in [2.45, 2.75) is 48.7 Å². The van der Waals surface area contributed by atoms with Gasteiger partial charge in [0.1, 0.15) is 12.4 Å². The van der Waals surface area contributed by atoms with Crippen LogP contribution in [0.1, 0.15) is 30.5 Å². The highest BCUT2D eigenvalue weighted by Crippen LogP contribution is 2.43. The van der Waals surface area contributed by atoms with Crippen LogP contribution < -0.4 is 19.9 Å². The SMILES string of the molecule is CN1CCN(C2(COc3nc4c(c(N5CCN[C@@H](CC#N)C5)n3)CCN(c3cc(S(C)(=O)=O)cc5ccccc35)C4)CC2)CC1. The minimum Gasteiger partial charge on any atom is -0.461 e. The molecule has 3 fully saturated rings. The third kappa shape index (κ3) is 6.19. The first-order valence-electron chi connectivity index (χ1n) is 16.0. The number of hydrogen-bond donors (Lipinski definition) is 1. The van der Waals surface area contributed by atoms with Crippen molar-refractivity contribution < 1.29 is 13.2 Å². The molecule has 45 heavy (non-hydrogen) atoms. The zero-order valence-electron chi connectivity index (χ0n) is 26.2. The molecule has 0 spiro atoms.